The van der Waals surface area contributed by atoms with Gasteiger partial charge in [-0.05, 0) is 52.1 Å². The third-order valence-corrected chi connectivity index (χ3v) is 7.10. The van der Waals surface area contributed by atoms with E-state index in [0.29, 0.717) is 5.56 Å². The topological polar surface area (TPSA) is 20.3 Å². The van der Waals surface area contributed by atoms with E-state index in [4.69, 9.17) is 0 Å². The number of rotatable bonds is 6. The molecule has 0 N–H and O–H groups in total. The number of anilines is 1. The van der Waals surface area contributed by atoms with Crippen molar-refractivity contribution in [1.82, 2.24) is 0 Å². The molecule has 0 fully saturated rings. The molecule has 0 amide bonds. The third-order valence-electron chi connectivity index (χ3n) is 7.10. The number of nitrogens with zero attached hydrogens (tertiary/aromatic N) is 1. The fourth-order valence-corrected chi connectivity index (χ4v) is 5.08. The Labute approximate surface area is 219 Å². The molecular weight excluding hydrogens is 450 g/mol. The van der Waals surface area contributed by atoms with Crippen LogP contribution in [-0.2, 0) is 5.41 Å². The highest BCUT2D eigenvalue weighted by Crippen LogP contribution is 2.47. The maximum Gasteiger partial charge on any atom is 0.186 e. The van der Waals surface area contributed by atoms with Crippen LogP contribution in [0.5, 0.6) is 0 Å². The minimum Gasteiger partial charge on any atom is -0.347 e. The molecule has 0 bridgehead atoms. The first kappa shape index (κ1) is 24.3. The maximum atomic E-state index is 13.3. The monoisotopic (exact) mass is 481 g/mol. The van der Waals surface area contributed by atoms with Gasteiger partial charge in [-0.25, -0.2) is 0 Å². The Morgan fingerprint density at radius 3 is 1.68 bits per heavy atom. The Morgan fingerprint density at radius 1 is 0.622 bits per heavy atom. The van der Waals surface area contributed by atoms with Crippen LogP contribution >= 0.6 is 0 Å². The minimum absolute atomic E-state index is 0.0125. The smallest absolute Gasteiger partial charge is 0.186 e. The molecule has 1 aliphatic rings. The van der Waals surface area contributed by atoms with Gasteiger partial charge >= 0.3 is 0 Å². The normalized spacial score (nSPS) is 16.1. The van der Waals surface area contributed by atoms with Gasteiger partial charge in [0.05, 0.1) is 0 Å². The summed E-state index contributed by atoms with van der Waals surface area (Å²) in [5, 5.41) is 0. The quantitative estimate of drug-likeness (QED) is 0.157. The van der Waals surface area contributed by atoms with Gasteiger partial charge in [-0.15, -0.1) is 0 Å². The molecule has 0 atom stereocenters. The predicted molar refractivity (Wildman–Crippen MR) is 156 cm³/mol. The van der Waals surface area contributed by atoms with E-state index in [1.807, 2.05) is 54.6 Å². The second-order valence-corrected chi connectivity index (χ2v) is 9.89. The molecule has 1 aliphatic heterocycles. The van der Waals surface area contributed by atoms with E-state index in [-0.39, 0.29) is 11.2 Å². The highest BCUT2D eigenvalue weighted by molar-refractivity contribution is 6.10. The van der Waals surface area contributed by atoms with Gasteiger partial charge < -0.3 is 4.90 Å². The van der Waals surface area contributed by atoms with Crippen molar-refractivity contribution in [2.75, 3.05) is 11.9 Å². The molecule has 0 saturated heterocycles. The highest BCUT2D eigenvalue weighted by atomic mass is 16.1. The fraction of sp³-hybridized carbons (Fsp3) is 0.114. The third kappa shape index (κ3) is 4.96. The highest BCUT2D eigenvalue weighted by Gasteiger charge is 2.38. The van der Waals surface area contributed by atoms with Gasteiger partial charge in [-0.2, -0.15) is 0 Å². The van der Waals surface area contributed by atoms with E-state index in [2.05, 4.69) is 98.6 Å². The molecule has 0 aliphatic carbocycles. The summed E-state index contributed by atoms with van der Waals surface area (Å²) in [7, 11) is 2.13. The van der Waals surface area contributed by atoms with E-state index in [0.717, 1.165) is 22.3 Å². The van der Waals surface area contributed by atoms with Crippen LogP contribution in [0.1, 0.15) is 40.9 Å². The molecule has 4 aromatic rings. The van der Waals surface area contributed by atoms with Crippen LogP contribution in [0.2, 0.25) is 0 Å². The number of likely N-dealkylation sites (N-methyl/N-ethyl adjacent to an activating group) is 1. The number of para-hydroxylation sites is 1. The zero-order valence-electron chi connectivity index (χ0n) is 21.6. The molecule has 0 spiro atoms. The Balaban J connectivity index is 1.68. The van der Waals surface area contributed by atoms with Crippen molar-refractivity contribution < 1.29 is 4.79 Å². The summed E-state index contributed by atoms with van der Waals surface area (Å²) < 4.78 is 0. The number of allylic oxidation sites excluding steroid dienone is 6. The summed E-state index contributed by atoms with van der Waals surface area (Å²) in [6.45, 7) is 4.55. The molecule has 0 aromatic heterocycles. The van der Waals surface area contributed by atoms with E-state index in [1.165, 1.54) is 16.9 Å². The minimum atomic E-state index is -0.157. The number of benzene rings is 4. The Kier molecular flexibility index (Phi) is 6.74. The molecule has 5 rings (SSSR count). The van der Waals surface area contributed by atoms with Crippen molar-refractivity contribution in [3.63, 3.8) is 0 Å². The van der Waals surface area contributed by atoms with Crippen LogP contribution in [0.15, 0.2) is 139 Å². The Hall–Kier alpha value is -4.43. The summed E-state index contributed by atoms with van der Waals surface area (Å²) in [6, 6.07) is 38.5. The number of hydrogen-bond donors (Lipinski definition) is 0. The van der Waals surface area contributed by atoms with Gasteiger partial charge in [0.2, 0.25) is 0 Å². The second kappa shape index (κ2) is 10.3. The lowest BCUT2D eigenvalue weighted by Gasteiger charge is -2.25. The molecule has 182 valence electrons. The largest absolute Gasteiger partial charge is 0.347 e. The molecule has 0 radical (unpaired) electrons. The average molecular weight is 482 g/mol. The van der Waals surface area contributed by atoms with Crippen molar-refractivity contribution in [3.8, 4) is 0 Å². The van der Waals surface area contributed by atoms with E-state index in [1.54, 1.807) is 6.08 Å². The summed E-state index contributed by atoms with van der Waals surface area (Å²) >= 11 is 0. The SMILES string of the molecule is CN1\C(=C/C(=C/C(=C/C(=O)c2ccccc2)c2ccccc2)c2ccccc2)C(C)(C)c2ccccc21. The molecule has 2 nitrogen and oxygen atoms in total. The molecule has 4 aromatic carbocycles. The Morgan fingerprint density at radius 2 is 1.11 bits per heavy atom. The van der Waals surface area contributed by atoms with Gasteiger partial charge in [-0.1, -0.05) is 123 Å². The molecule has 2 heteroatoms. The van der Waals surface area contributed by atoms with E-state index >= 15 is 0 Å². The fourth-order valence-electron chi connectivity index (χ4n) is 5.08. The molecule has 0 unspecified atom stereocenters. The summed E-state index contributed by atoms with van der Waals surface area (Å²) in [4.78, 5) is 15.6. The lowest BCUT2D eigenvalue weighted by molar-refractivity contribution is 0.104. The molecule has 0 saturated carbocycles. The van der Waals surface area contributed by atoms with Gasteiger partial charge in [0, 0.05) is 29.4 Å². The van der Waals surface area contributed by atoms with Crippen molar-refractivity contribution >= 4 is 22.6 Å². The average Bonchev–Trinajstić information content (AvgIpc) is 3.14. The van der Waals surface area contributed by atoms with Gasteiger partial charge in [0.1, 0.15) is 0 Å². The lowest BCUT2D eigenvalue weighted by atomic mass is 9.82. The van der Waals surface area contributed by atoms with Gasteiger partial charge in [-0.3, -0.25) is 4.79 Å². The molecular formula is C35H31NO. The molecule has 37 heavy (non-hydrogen) atoms. The van der Waals surface area contributed by atoms with Crippen LogP contribution in [0.3, 0.4) is 0 Å². The number of hydrogen-bond acceptors (Lipinski definition) is 2. The van der Waals surface area contributed by atoms with Crippen molar-refractivity contribution in [2.45, 2.75) is 19.3 Å². The first-order valence-corrected chi connectivity index (χ1v) is 12.6. The second-order valence-electron chi connectivity index (χ2n) is 9.89. The van der Waals surface area contributed by atoms with Crippen LogP contribution in [0.4, 0.5) is 5.69 Å². The Bertz CT molecular complexity index is 1490. The maximum absolute atomic E-state index is 13.3. The summed E-state index contributed by atoms with van der Waals surface area (Å²) in [5.41, 5.74) is 8.31. The lowest BCUT2D eigenvalue weighted by Crippen LogP contribution is -2.23. The van der Waals surface area contributed by atoms with Crippen LogP contribution in [0, 0.1) is 0 Å². The van der Waals surface area contributed by atoms with Gasteiger partial charge in [0.25, 0.3) is 0 Å². The van der Waals surface area contributed by atoms with Gasteiger partial charge in [0.15, 0.2) is 5.78 Å². The number of carbonyl (C=O) groups excluding carboxylic acids is 1. The summed E-state index contributed by atoms with van der Waals surface area (Å²) in [6.07, 6.45) is 6.18. The van der Waals surface area contributed by atoms with Crippen LogP contribution in [0.25, 0.3) is 11.1 Å². The van der Waals surface area contributed by atoms with Crippen molar-refractivity contribution in [2.24, 2.45) is 0 Å². The zero-order chi connectivity index (χ0) is 25.8. The molecule has 1 heterocycles. The number of fused-ring (bicyclic) bond motifs is 1. The number of carbonyl (C=O) groups is 1. The zero-order valence-corrected chi connectivity index (χ0v) is 21.6. The van der Waals surface area contributed by atoms with E-state index in [9.17, 15) is 4.79 Å². The van der Waals surface area contributed by atoms with Crippen molar-refractivity contribution in [3.05, 3.63) is 161 Å². The first-order chi connectivity index (χ1) is 17.9. The predicted octanol–water partition coefficient (Wildman–Crippen LogP) is 8.35. The van der Waals surface area contributed by atoms with Crippen molar-refractivity contribution in [1.29, 1.82) is 0 Å². The van der Waals surface area contributed by atoms with Crippen LogP contribution < -0.4 is 4.90 Å². The number of ketones is 1. The van der Waals surface area contributed by atoms with E-state index < -0.39 is 0 Å². The standard InChI is InChI=1S/C35H31NO/c1-35(2)31-21-13-14-22-32(31)36(3)34(35)25-30(27-17-9-5-10-18-27)23-29(26-15-7-4-8-16-26)24-33(37)28-19-11-6-12-20-28/h4-25H,1-3H3/b29-24-,30-23-,34-25-. The first-order valence-electron chi connectivity index (χ1n) is 12.6. The summed E-state index contributed by atoms with van der Waals surface area (Å²) in [5.74, 6) is -0.0125. The van der Waals surface area contributed by atoms with Crippen LogP contribution in [-0.4, -0.2) is 12.8 Å².